The van der Waals surface area contributed by atoms with Gasteiger partial charge in [0.2, 0.25) is 11.8 Å². The third-order valence-electron chi connectivity index (χ3n) is 5.52. The number of ether oxygens (including phenoxy) is 2. The largest absolute Gasteiger partial charge is 0.493 e. The molecule has 3 rings (SSSR count). The van der Waals surface area contributed by atoms with Crippen LogP contribution in [0.2, 0.25) is 0 Å². The van der Waals surface area contributed by atoms with E-state index in [0.717, 1.165) is 11.1 Å². The highest BCUT2D eigenvalue weighted by Crippen LogP contribution is 2.32. The highest BCUT2D eigenvalue weighted by Gasteiger charge is 2.33. The molecule has 1 unspecified atom stereocenters. The molecular formula is C23H30N4O4. The molecule has 0 spiro atoms. The topological polar surface area (TPSA) is 84.0 Å². The summed E-state index contributed by atoms with van der Waals surface area (Å²) in [5, 5.41) is 2.90. The van der Waals surface area contributed by atoms with Crippen molar-refractivity contribution in [1.29, 1.82) is 0 Å². The molecule has 1 fully saturated rings. The third-order valence-corrected chi connectivity index (χ3v) is 5.52. The fourth-order valence-corrected chi connectivity index (χ4v) is 3.85. The number of hydrogen-bond donors (Lipinski definition) is 1. The SMILES string of the molecule is CCN(Cc1ccncc1)C(=O)CC1C(=O)NCCN1Cc1cccc(OC)c1OC. The van der Waals surface area contributed by atoms with Crippen molar-refractivity contribution in [2.24, 2.45) is 0 Å². The number of methoxy groups -OCH3 is 2. The number of carbonyl (C=O) groups is 2. The van der Waals surface area contributed by atoms with Crippen LogP contribution in [0.25, 0.3) is 0 Å². The predicted molar refractivity (Wildman–Crippen MR) is 117 cm³/mol. The predicted octanol–water partition coefficient (Wildman–Crippen LogP) is 1.84. The van der Waals surface area contributed by atoms with Crippen molar-refractivity contribution in [3.63, 3.8) is 0 Å². The van der Waals surface area contributed by atoms with Crippen LogP contribution in [0.15, 0.2) is 42.7 Å². The van der Waals surface area contributed by atoms with E-state index in [4.69, 9.17) is 9.47 Å². The Balaban J connectivity index is 1.75. The lowest BCUT2D eigenvalue weighted by atomic mass is 10.0. The van der Waals surface area contributed by atoms with Crippen molar-refractivity contribution in [2.45, 2.75) is 32.5 Å². The number of nitrogens with zero attached hydrogens (tertiary/aromatic N) is 3. The molecule has 0 radical (unpaired) electrons. The first kappa shape index (κ1) is 22.6. The van der Waals surface area contributed by atoms with Gasteiger partial charge in [-0.3, -0.25) is 19.5 Å². The summed E-state index contributed by atoms with van der Waals surface area (Å²) in [6, 6.07) is 8.94. The Morgan fingerprint density at radius 2 is 2.00 bits per heavy atom. The van der Waals surface area contributed by atoms with Gasteiger partial charge in [-0.25, -0.2) is 0 Å². The molecule has 166 valence electrons. The van der Waals surface area contributed by atoms with Crippen molar-refractivity contribution in [3.8, 4) is 11.5 Å². The molecule has 2 aromatic rings. The van der Waals surface area contributed by atoms with Crippen LogP contribution in [-0.4, -0.2) is 66.5 Å². The van der Waals surface area contributed by atoms with Gasteiger partial charge in [0.25, 0.3) is 0 Å². The molecule has 1 aliphatic heterocycles. The van der Waals surface area contributed by atoms with Crippen molar-refractivity contribution in [1.82, 2.24) is 20.1 Å². The monoisotopic (exact) mass is 426 g/mol. The Morgan fingerprint density at radius 3 is 2.68 bits per heavy atom. The Hall–Kier alpha value is -3.13. The van der Waals surface area contributed by atoms with Crippen LogP contribution in [0, 0.1) is 0 Å². The van der Waals surface area contributed by atoms with Crippen molar-refractivity contribution in [3.05, 3.63) is 53.9 Å². The zero-order chi connectivity index (χ0) is 22.2. The summed E-state index contributed by atoms with van der Waals surface area (Å²) in [7, 11) is 3.20. The molecule has 0 saturated carbocycles. The second-order valence-electron chi connectivity index (χ2n) is 7.40. The Labute approximate surface area is 183 Å². The van der Waals surface area contributed by atoms with Crippen molar-refractivity contribution >= 4 is 11.8 Å². The number of rotatable bonds is 9. The maximum Gasteiger partial charge on any atom is 0.237 e. The number of benzene rings is 1. The number of piperazine rings is 1. The van der Waals surface area contributed by atoms with Crippen LogP contribution in [0.4, 0.5) is 0 Å². The summed E-state index contributed by atoms with van der Waals surface area (Å²) in [4.78, 5) is 33.6. The van der Waals surface area contributed by atoms with E-state index in [-0.39, 0.29) is 18.2 Å². The first-order valence-electron chi connectivity index (χ1n) is 10.5. The van der Waals surface area contributed by atoms with E-state index in [1.165, 1.54) is 0 Å². The average molecular weight is 427 g/mol. The molecule has 1 aromatic carbocycles. The number of hydrogen-bond acceptors (Lipinski definition) is 6. The smallest absolute Gasteiger partial charge is 0.237 e. The zero-order valence-electron chi connectivity index (χ0n) is 18.3. The maximum absolute atomic E-state index is 13.1. The number of aromatic nitrogens is 1. The summed E-state index contributed by atoms with van der Waals surface area (Å²) in [6.07, 6.45) is 3.55. The van der Waals surface area contributed by atoms with Crippen molar-refractivity contribution in [2.75, 3.05) is 33.9 Å². The molecule has 31 heavy (non-hydrogen) atoms. The molecule has 0 bridgehead atoms. The van der Waals surface area contributed by atoms with Gasteiger partial charge in [-0.15, -0.1) is 0 Å². The highest BCUT2D eigenvalue weighted by atomic mass is 16.5. The van der Waals surface area contributed by atoms with Gasteiger partial charge in [-0.2, -0.15) is 0 Å². The first-order valence-corrected chi connectivity index (χ1v) is 10.5. The zero-order valence-corrected chi connectivity index (χ0v) is 18.3. The van der Waals surface area contributed by atoms with E-state index >= 15 is 0 Å². The van der Waals surface area contributed by atoms with Gasteiger partial charge in [-0.05, 0) is 30.7 Å². The molecule has 8 nitrogen and oxygen atoms in total. The molecule has 2 amide bonds. The first-order chi connectivity index (χ1) is 15.1. The Morgan fingerprint density at radius 1 is 1.23 bits per heavy atom. The number of pyridine rings is 1. The summed E-state index contributed by atoms with van der Waals surface area (Å²) in [5.41, 5.74) is 1.93. The highest BCUT2D eigenvalue weighted by molar-refractivity contribution is 5.88. The third kappa shape index (κ3) is 5.52. The summed E-state index contributed by atoms with van der Waals surface area (Å²) in [6.45, 7) is 4.70. The van der Waals surface area contributed by atoms with Crippen LogP contribution in [0.1, 0.15) is 24.5 Å². The van der Waals surface area contributed by atoms with Crippen molar-refractivity contribution < 1.29 is 19.1 Å². The molecular weight excluding hydrogens is 396 g/mol. The minimum Gasteiger partial charge on any atom is -0.493 e. The summed E-state index contributed by atoms with van der Waals surface area (Å²) in [5.74, 6) is 1.11. The lowest BCUT2D eigenvalue weighted by Gasteiger charge is -2.36. The van der Waals surface area contributed by atoms with Crippen LogP contribution in [0.5, 0.6) is 11.5 Å². The Kier molecular flexibility index (Phi) is 7.83. The fourth-order valence-electron chi connectivity index (χ4n) is 3.85. The average Bonchev–Trinajstić information content (AvgIpc) is 2.80. The summed E-state index contributed by atoms with van der Waals surface area (Å²) >= 11 is 0. The van der Waals surface area contributed by atoms with Crippen LogP contribution >= 0.6 is 0 Å². The second-order valence-corrected chi connectivity index (χ2v) is 7.40. The number of amides is 2. The van der Waals surface area contributed by atoms with E-state index < -0.39 is 6.04 Å². The lowest BCUT2D eigenvalue weighted by Crippen LogP contribution is -2.56. The van der Waals surface area contributed by atoms with Crippen LogP contribution in [-0.2, 0) is 22.7 Å². The molecule has 1 atom stereocenters. The van der Waals surface area contributed by atoms with E-state index in [9.17, 15) is 9.59 Å². The van der Waals surface area contributed by atoms with Gasteiger partial charge >= 0.3 is 0 Å². The van der Waals surface area contributed by atoms with Gasteiger partial charge in [0, 0.05) is 50.7 Å². The second kappa shape index (κ2) is 10.8. The molecule has 1 aromatic heterocycles. The van der Waals surface area contributed by atoms with Gasteiger partial charge in [-0.1, -0.05) is 12.1 Å². The van der Waals surface area contributed by atoms with E-state index in [0.29, 0.717) is 44.2 Å². The van der Waals surface area contributed by atoms with Gasteiger partial charge in [0.1, 0.15) is 0 Å². The van der Waals surface area contributed by atoms with Gasteiger partial charge in [0.15, 0.2) is 11.5 Å². The number of para-hydroxylation sites is 1. The lowest BCUT2D eigenvalue weighted by molar-refractivity contribution is -0.139. The van der Waals surface area contributed by atoms with E-state index in [1.807, 2.05) is 42.2 Å². The van der Waals surface area contributed by atoms with Crippen LogP contribution < -0.4 is 14.8 Å². The maximum atomic E-state index is 13.1. The standard InChI is InChI=1S/C23H30N4O4/c1-4-26(15-17-8-10-24-11-9-17)21(28)14-19-23(29)25-12-13-27(19)16-18-6-5-7-20(30-2)22(18)31-3/h5-11,19H,4,12-16H2,1-3H3,(H,25,29). The fraction of sp³-hybridized carbons (Fsp3) is 0.435. The summed E-state index contributed by atoms with van der Waals surface area (Å²) < 4.78 is 10.9. The minimum absolute atomic E-state index is 0.0519. The number of carbonyl (C=O) groups excluding carboxylic acids is 2. The quantitative estimate of drug-likeness (QED) is 0.659. The number of nitrogens with one attached hydrogen (secondary N) is 1. The normalized spacial score (nSPS) is 16.5. The van der Waals surface area contributed by atoms with Crippen LogP contribution in [0.3, 0.4) is 0 Å². The molecule has 1 N–H and O–H groups in total. The van der Waals surface area contributed by atoms with E-state index in [1.54, 1.807) is 31.5 Å². The molecule has 1 saturated heterocycles. The Bertz CT molecular complexity index is 890. The molecule has 0 aliphatic carbocycles. The molecule has 1 aliphatic rings. The molecule has 2 heterocycles. The molecule has 8 heteroatoms. The van der Waals surface area contributed by atoms with Gasteiger partial charge < -0.3 is 19.7 Å². The minimum atomic E-state index is -0.538. The van der Waals surface area contributed by atoms with Gasteiger partial charge in [0.05, 0.1) is 26.7 Å². The van der Waals surface area contributed by atoms with E-state index in [2.05, 4.69) is 10.3 Å².